The molecule has 296 valence electrons. The quantitative estimate of drug-likeness (QED) is 0.1000. The van der Waals surface area contributed by atoms with Gasteiger partial charge in [0.1, 0.15) is 17.1 Å². The van der Waals surface area contributed by atoms with Gasteiger partial charge in [0.05, 0.1) is 31.5 Å². The Morgan fingerprint density at radius 1 is 0.927 bits per heavy atom. The van der Waals surface area contributed by atoms with Crippen LogP contribution in [0.15, 0.2) is 78.9 Å². The van der Waals surface area contributed by atoms with Crippen molar-refractivity contribution in [2.24, 2.45) is 0 Å². The predicted molar refractivity (Wildman–Crippen MR) is 210 cm³/mol. The molecule has 0 radical (unpaired) electrons. The summed E-state index contributed by atoms with van der Waals surface area (Å²) in [6.07, 6.45) is 1.95. The maximum Gasteiger partial charge on any atom is 0.308 e. The van der Waals surface area contributed by atoms with Crippen molar-refractivity contribution in [3.63, 3.8) is 0 Å². The monoisotopic (exact) mass is 776 g/mol. The van der Waals surface area contributed by atoms with Gasteiger partial charge in [0.2, 0.25) is 0 Å². The number of nitrogens with one attached hydrogen (secondary N) is 1. The van der Waals surface area contributed by atoms with Crippen LogP contribution in [0, 0.1) is 5.82 Å². The minimum Gasteiger partial charge on any atom is -0.460 e. The first-order valence-electron chi connectivity index (χ1n) is 18.6. The number of esters is 1. The number of halogens is 1. The third-order valence-corrected chi connectivity index (χ3v) is 9.61. The van der Waals surface area contributed by atoms with Gasteiger partial charge in [-0.3, -0.25) is 13.8 Å². The van der Waals surface area contributed by atoms with E-state index in [1.807, 2.05) is 84.9 Å². The predicted octanol–water partition coefficient (Wildman–Crippen LogP) is 8.52. The van der Waals surface area contributed by atoms with Gasteiger partial charge in [0.25, 0.3) is 16.0 Å². The van der Waals surface area contributed by atoms with Crippen LogP contribution >= 0.6 is 0 Å². The van der Waals surface area contributed by atoms with Gasteiger partial charge in [-0.25, -0.2) is 4.39 Å². The molecule has 1 aromatic heterocycles. The maximum atomic E-state index is 14.6. The summed E-state index contributed by atoms with van der Waals surface area (Å²) >= 11 is 0. The van der Waals surface area contributed by atoms with E-state index in [4.69, 9.17) is 18.4 Å². The summed E-state index contributed by atoms with van der Waals surface area (Å²) in [5.74, 6) is -1.95. The largest absolute Gasteiger partial charge is 0.460 e. The number of carbonyl (C=O) groups excluding carboxylic acids is 2. The highest BCUT2D eigenvalue weighted by molar-refractivity contribution is 7.85. The number of carbonyl (C=O) groups is 2. The van der Waals surface area contributed by atoms with Crippen molar-refractivity contribution in [1.82, 2.24) is 9.88 Å². The minimum absolute atomic E-state index is 0.0971. The lowest BCUT2D eigenvalue weighted by Crippen LogP contribution is -2.45. The van der Waals surface area contributed by atoms with Crippen molar-refractivity contribution in [3.05, 3.63) is 107 Å². The molecule has 1 amide bonds. The van der Waals surface area contributed by atoms with Crippen molar-refractivity contribution < 1.29 is 40.8 Å². The highest BCUT2D eigenvalue weighted by atomic mass is 32.2. The standard InChI is InChI=1S/C43H53FN2O8S/c1-28(2)46-36(22-21-34-24-35(53-43(6,7)52-34)25-37(47)54-42(3,4)5)38(32-17-19-33(44)20-18-32)39(31-15-10-9-11-16-31)40(46)41(48)45-26-29-13-12-14-30(23-29)27-51-55(8,49)50/h9-20,23,28,34-35H,21-22,24-27H2,1-8H3,(H,45,48). The van der Waals surface area contributed by atoms with Crippen molar-refractivity contribution in [3.8, 4) is 22.3 Å². The smallest absolute Gasteiger partial charge is 0.308 e. The molecule has 3 aromatic carbocycles. The summed E-state index contributed by atoms with van der Waals surface area (Å²) < 4.78 is 62.7. The van der Waals surface area contributed by atoms with Gasteiger partial charge in [-0.15, -0.1) is 0 Å². The van der Waals surface area contributed by atoms with Crippen LogP contribution in [0.2, 0.25) is 0 Å². The van der Waals surface area contributed by atoms with Gasteiger partial charge in [0, 0.05) is 35.8 Å². The second kappa shape index (κ2) is 17.2. The fourth-order valence-electron chi connectivity index (χ4n) is 7.15. The number of hydrogen-bond donors (Lipinski definition) is 1. The topological polar surface area (TPSA) is 122 Å². The Hall–Kier alpha value is -4.36. The molecule has 55 heavy (non-hydrogen) atoms. The second-order valence-corrected chi connectivity index (χ2v) is 17.4. The molecule has 2 unspecified atom stereocenters. The van der Waals surface area contributed by atoms with Crippen LogP contribution in [-0.2, 0) is 52.9 Å². The lowest BCUT2D eigenvalue weighted by atomic mass is 9.92. The van der Waals surface area contributed by atoms with Crippen LogP contribution in [0.4, 0.5) is 4.39 Å². The van der Waals surface area contributed by atoms with Crippen LogP contribution in [0.3, 0.4) is 0 Å². The van der Waals surface area contributed by atoms with Gasteiger partial charge in [-0.2, -0.15) is 8.42 Å². The van der Waals surface area contributed by atoms with Crippen LogP contribution in [-0.4, -0.2) is 54.7 Å². The fraction of sp³-hybridized carbons (Fsp3) is 0.442. The number of aromatic nitrogens is 1. The first kappa shape index (κ1) is 41.8. The molecule has 0 bridgehead atoms. The minimum atomic E-state index is -3.63. The van der Waals surface area contributed by atoms with Gasteiger partial charge in [-0.05, 0) is 95.7 Å². The number of rotatable bonds is 14. The van der Waals surface area contributed by atoms with E-state index in [0.717, 1.165) is 39.8 Å². The summed E-state index contributed by atoms with van der Waals surface area (Å²) in [5.41, 5.74) is 5.29. The van der Waals surface area contributed by atoms with E-state index in [9.17, 15) is 22.4 Å². The van der Waals surface area contributed by atoms with Crippen molar-refractivity contribution in [1.29, 1.82) is 0 Å². The number of amides is 1. The van der Waals surface area contributed by atoms with Crippen LogP contribution in [0.5, 0.6) is 0 Å². The molecule has 5 rings (SSSR count). The molecular weight excluding hydrogens is 724 g/mol. The van der Waals surface area contributed by atoms with Gasteiger partial charge < -0.3 is 24.1 Å². The summed E-state index contributed by atoms with van der Waals surface area (Å²) in [7, 11) is -3.63. The van der Waals surface area contributed by atoms with Gasteiger partial charge in [0.15, 0.2) is 5.79 Å². The zero-order valence-electron chi connectivity index (χ0n) is 33.0. The van der Waals surface area contributed by atoms with Crippen LogP contribution < -0.4 is 5.32 Å². The Labute approximate surface area is 324 Å². The van der Waals surface area contributed by atoms with Crippen molar-refractivity contribution in [2.45, 2.75) is 117 Å². The molecule has 12 heteroatoms. The van der Waals surface area contributed by atoms with Crippen LogP contribution in [0.25, 0.3) is 22.3 Å². The molecule has 0 saturated carbocycles. The Bertz CT molecular complexity index is 2070. The molecule has 0 aliphatic carbocycles. The molecule has 2 atom stereocenters. The molecule has 1 fully saturated rings. The molecule has 1 N–H and O–H groups in total. The lowest BCUT2D eigenvalue weighted by molar-refractivity contribution is -0.300. The second-order valence-electron chi connectivity index (χ2n) is 15.8. The maximum absolute atomic E-state index is 14.6. The average Bonchev–Trinajstić information content (AvgIpc) is 3.43. The van der Waals surface area contributed by atoms with E-state index < -0.39 is 27.6 Å². The van der Waals surface area contributed by atoms with E-state index in [-0.39, 0.29) is 49.4 Å². The van der Waals surface area contributed by atoms with E-state index in [0.29, 0.717) is 30.5 Å². The van der Waals surface area contributed by atoms with Gasteiger partial charge in [-0.1, -0.05) is 66.7 Å². The van der Waals surface area contributed by atoms with E-state index in [1.54, 1.807) is 30.3 Å². The molecule has 1 saturated heterocycles. The Kier molecular flexibility index (Phi) is 13.1. The molecular formula is C43H53FN2O8S. The lowest BCUT2D eigenvalue weighted by Gasteiger charge is -2.41. The summed E-state index contributed by atoms with van der Waals surface area (Å²) in [6.45, 7) is 13.3. The van der Waals surface area contributed by atoms with Crippen molar-refractivity contribution >= 4 is 22.0 Å². The van der Waals surface area contributed by atoms with Crippen molar-refractivity contribution in [2.75, 3.05) is 6.26 Å². The Morgan fingerprint density at radius 3 is 2.20 bits per heavy atom. The molecule has 2 heterocycles. The SMILES string of the molecule is CC(C)n1c(CCC2CC(CC(=O)OC(C)(C)C)OC(C)(C)O2)c(-c2ccc(F)cc2)c(-c2ccccc2)c1C(=O)NCc1cccc(COS(C)(=O)=O)c1. The number of ether oxygens (including phenoxy) is 3. The molecule has 4 aromatic rings. The average molecular weight is 777 g/mol. The third kappa shape index (κ3) is 11.6. The Balaban J connectivity index is 1.54. The zero-order chi connectivity index (χ0) is 40.1. The van der Waals surface area contributed by atoms with Gasteiger partial charge >= 0.3 is 5.97 Å². The first-order chi connectivity index (χ1) is 25.8. The summed E-state index contributed by atoms with van der Waals surface area (Å²) in [5, 5.41) is 3.11. The van der Waals surface area contributed by atoms with E-state index >= 15 is 0 Å². The highest BCUT2D eigenvalue weighted by Crippen LogP contribution is 2.43. The fourth-order valence-corrected chi connectivity index (χ4v) is 7.50. The molecule has 10 nitrogen and oxygen atoms in total. The highest BCUT2D eigenvalue weighted by Gasteiger charge is 2.38. The van der Waals surface area contributed by atoms with E-state index in [1.165, 1.54) is 12.1 Å². The number of nitrogens with zero attached hydrogens (tertiary/aromatic N) is 1. The normalized spacial score (nSPS) is 17.3. The molecule has 1 aliphatic heterocycles. The summed E-state index contributed by atoms with van der Waals surface area (Å²) in [4.78, 5) is 27.4. The molecule has 0 spiro atoms. The number of hydrogen-bond acceptors (Lipinski definition) is 8. The first-order valence-corrected chi connectivity index (χ1v) is 20.5. The summed E-state index contributed by atoms with van der Waals surface area (Å²) in [6, 6.07) is 23.0. The Morgan fingerprint density at radius 2 is 1.56 bits per heavy atom. The third-order valence-electron chi connectivity index (χ3n) is 9.06. The van der Waals surface area contributed by atoms with Crippen LogP contribution in [0.1, 0.15) is 101 Å². The number of benzene rings is 3. The zero-order valence-corrected chi connectivity index (χ0v) is 33.8. The molecule has 1 aliphatic rings. The van der Waals surface area contributed by atoms with E-state index in [2.05, 4.69) is 9.88 Å².